The minimum absolute atomic E-state index is 0.0199. The largest absolute Gasteiger partial charge is 0.412 e. The van der Waals surface area contributed by atoms with Crippen LogP contribution in [0.15, 0.2) is 0 Å². The molecule has 1 aliphatic rings. The molecule has 1 heterocycles. The number of Topliss-reactive ketones (excluding diaryl/α,β-unsaturated/α-hetero) is 1. The van der Waals surface area contributed by atoms with Crippen LogP contribution in [0.2, 0.25) is 15.6 Å². The monoisotopic (exact) mass is 312 g/mol. The molecule has 0 spiro atoms. The van der Waals surface area contributed by atoms with Crippen LogP contribution >= 0.6 is 0 Å². The van der Waals surface area contributed by atoms with Crippen LogP contribution < -0.4 is 0 Å². The summed E-state index contributed by atoms with van der Waals surface area (Å²) in [5, 5.41) is 0.339. The molecule has 3 heteroatoms. The first-order chi connectivity index (χ1) is 9.31. The summed E-state index contributed by atoms with van der Waals surface area (Å²) >= 11 is 0. The van der Waals surface area contributed by atoms with Gasteiger partial charge in [0.05, 0.1) is 6.10 Å². The standard InChI is InChI=1S/C18H36O2Si/c1-11-15(19)13(3)16-12(2)14(4)21(20-16,17(5,6)7)18(8,9)10/h12-14,16H,11H2,1-10H3/t12-,13?,14-,16+/m0/s1. The molecular formula is C18H36O2Si. The molecule has 1 rings (SSSR count). The predicted molar refractivity (Wildman–Crippen MR) is 93.1 cm³/mol. The summed E-state index contributed by atoms with van der Waals surface area (Å²) < 4.78 is 6.91. The van der Waals surface area contributed by atoms with Gasteiger partial charge in [-0.15, -0.1) is 0 Å². The Bertz CT molecular complexity index is 375. The third-order valence-electron chi connectivity index (χ3n) is 5.85. The predicted octanol–water partition coefficient (Wildman–Crippen LogP) is 5.57. The van der Waals surface area contributed by atoms with Crippen LogP contribution in [-0.4, -0.2) is 20.2 Å². The first kappa shape index (κ1) is 18.9. The smallest absolute Gasteiger partial charge is 0.206 e. The van der Waals surface area contributed by atoms with Gasteiger partial charge in [0.2, 0.25) is 8.32 Å². The van der Waals surface area contributed by atoms with E-state index in [1.54, 1.807) is 0 Å². The minimum Gasteiger partial charge on any atom is -0.412 e. The lowest BCUT2D eigenvalue weighted by Gasteiger charge is -2.51. The molecule has 1 saturated heterocycles. The highest BCUT2D eigenvalue weighted by molar-refractivity contribution is 6.81. The van der Waals surface area contributed by atoms with Crippen molar-refractivity contribution in [3.05, 3.63) is 0 Å². The van der Waals surface area contributed by atoms with Crippen LogP contribution in [-0.2, 0) is 9.22 Å². The first-order valence-electron chi connectivity index (χ1n) is 8.51. The number of ketones is 1. The second kappa shape index (κ2) is 5.81. The maximum atomic E-state index is 12.2. The number of hydrogen-bond donors (Lipinski definition) is 0. The normalized spacial score (nSPS) is 31.2. The molecule has 0 amide bonds. The van der Waals surface area contributed by atoms with Gasteiger partial charge in [0.15, 0.2) is 0 Å². The van der Waals surface area contributed by atoms with Crippen molar-refractivity contribution in [3.8, 4) is 0 Å². The molecule has 21 heavy (non-hydrogen) atoms. The van der Waals surface area contributed by atoms with Crippen molar-refractivity contribution in [2.24, 2.45) is 11.8 Å². The molecule has 1 unspecified atom stereocenters. The van der Waals surface area contributed by atoms with Crippen LogP contribution in [0.3, 0.4) is 0 Å². The second-order valence-electron chi connectivity index (χ2n) is 9.07. The summed E-state index contributed by atoms with van der Waals surface area (Å²) in [6.07, 6.45) is 0.708. The van der Waals surface area contributed by atoms with E-state index in [1.807, 2.05) is 6.92 Å². The van der Waals surface area contributed by atoms with E-state index in [0.717, 1.165) is 0 Å². The van der Waals surface area contributed by atoms with Gasteiger partial charge in [-0.1, -0.05) is 69.2 Å². The van der Waals surface area contributed by atoms with Crippen molar-refractivity contribution >= 4 is 14.1 Å². The molecule has 1 fully saturated rings. The summed E-state index contributed by atoms with van der Waals surface area (Å²) in [5.41, 5.74) is 0.564. The highest BCUT2D eigenvalue weighted by Gasteiger charge is 2.65. The number of rotatable bonds is 3. The molecule has 0 aromatic heterocycles. The van der Waals surface area contributed by atoms with Crippen LogP contribution in [0.1, 0.15) is 75.7 Å². The lowest BCUT2D eigenvalue weighted by atomic mass is 9.88. The van der Waals surface area contributed by atoms with Gasteiger partial charge < -0.3 is 4.43 Å². The molecule has 0 aromatic carbocycles. The highest BCUT2D eigenvalue weighted by atomic mass is 28.4. The number of carbonyl (C=O) groups is 1. The van der Waals surface area contributed by atoms with Gasteiger partial charge in [-0.05, 0) is 21.5 Å². The van der Waals surface area contributed by atoms with E-state index < -0.39 is 8.32 Å². The van der Waals surface area contributed by atoms with Crippen molar-refractivity contribution in [2.45, 2.75) is 97.4 Å². The summed E-state index contributed by atoms with van der Waals surface area (Å²) in [7, 11) is -2.04. The Morgan fingerprint density at radius 1 is 1.10 bits per heavy atom. The van der Waals surface area contributed by atoms with Gasteiger partial charge in [0.1, 0.15) is 5.78 Å². The second-order valence-corrected chi connectivity index (χ2v) is 14.7. The van der Waals surface area contributed by atoms with Gasteiger partial charge in [-0.2, -0.15) is 0 Å². The number of carbonyl (C=O) groups excluding carboxylic acids is 1. The fourth-order valence-electron chi connectivity index (χ4n) is 4.99. The first-order valence-corrected chi connectivity index (χ1v) is 10.5. The third kappa shape index (κ3) is 2.88. The van der Waals surface area contributed by atoms with Gasteiger partial charge >= 0.3 is 0 Å². The van der Waals surface area contributed by atoms with Gasteiger partial charge in [0.25, 0.3) is 0 Å². The van der Waals surface area contributed by atoms with Crippen LogP contribution in [0.5, 0.6) is 0 Å². The lowest BCUT2D eigenvalue weighted by Crippen LogP contribution is -2.55. The zero-order valence-corrected chi connectivity index (χ0v) is 16.8. The topological polar surface area (TPSA) is 26.3 Å². The van der Waals surface area contributed by atoms with Crippen molar-refractivity contribution < 1.29 is 9.22 Å². The molecule has 2 nitrogen and oxygen atoms in total. The molecule has 124 valence electrons. The van der Waals surface area contributed by atoms with Crippen LogP contribution in [0, 0.1) is 11.8 Å². The fourth-order valence-corrected chi connectivity index (χ4v) is 12.7. The fraction of sp³-hybridized carbons (Fsp3) is 0.944. The zero-order chi connectivity index (χ0) is 16.8. The van der Waals surface area contributed by atoms with Gasteiger partial charge in [-0.3, -0.25) is 4.79 Å². The Morgan fingerprint density at radius 2 is 1.52 bits per heavy atom. The Kier molecular flexibility index (Phi) is 5.22. The van der Waals surface area contributed by atoms with Crippen molar-refractivity contribution in [1.82, 2.24) is 0 Å². The Labute approximate surface area is 133 Å². The van der Waals surface area contributed by atoms with E-state index in [0.29, 0.717) is 23.7 Å². The molecule has 0 aliphatic carbocycles. The summed E-state index contributed by atoms with van der Waals surface area (Å²) in [5.74, 6) is 0.818. The maximum absolute atomic E-state index is 12.2. The molecule has 0 radical (unpaired) electrons. The Morgan fingerprint density at radius 3 is 1.81 bits per heavy atom. The van der Waals surface area contributed by atoms with Crippen molar-refractivity contribution in [1.29, 1.82) is 0 Å². The zero-order valence-electron chi connectivity index (χ0n) is 15.8. The number of hydrogen-bond acceptors (Lipinski definition) is 2. The average Bonchev–Trinajstić information content (AvgIpc) is 2.60. The molecule has 0 aromatic rings. The average molecular weight is 313 g/mol. The van der Waals surface area contributed by atoms with E-state index in [2.05, 4.69) is 62.3 Å². The highest BCUT2D eigenvalue weighted by Crippen LogP contribution is 2.64. The molecule has 0 N–H and O–H groups in total. The van der Waals surface area contributed by atoms with E-state index in [1.165, 1.54) is 0 Å². The van der Waals surface area contributed by atoms with Crippen molar-refractivity contribution in [2.75, 3.05) is 0 Å². The van der Waals surface area contributed by atoms with E-state index in [4.69, 9.17) is 4.43 Å². The quantitative estimate of drug-likeness (QED) is 0.637. The Hall–Kier alpha value is -0.153. The van der Waals surface area contributed by atoms with Gasteiger partial charge in [-0.25, -0.2) is 0 Å². The summed E-state index contributed by atoms with van der Waals surface area (Å²) in [4.78, 5) is 12.2. The minimum atomic E-state index is -2.04. The molecule has 0 saturated carbocycles. The van der Waals surface area contributed by atoms with E-state index >= 15 is 0 Å². The lowest BCUT2D eigenvalue weighted by molar-refractivity contribution is -0.125. The summed E-state index contributed by atoms with van der Waals surface area (Å²) in [6, 6.07) is 0. The van der Waals surface area contributed by atoms with Crippen LogP contribution in [0.25, 0.3) is 0 Å². The molecule has 4 atom stereocenters. The third-order valence-corrected chi connectivity index (χ3v) is 12.8. The maximum Gasteiger partial charge on any atom is 0.206 e. The van der Waals surface area contributed by atoms with Crippen LogP contribution in [0.4, 0.5) is 0 Å². The molecule has 1 aliphatic heterocycles. The van der Waals surface area contributed by atoms with E-state index in [-0.39, 0.29) is 22.1 Å². The summed E-state index contributed by atoms with van der Waals surface area (Å²) in [6.45, 7) is 22.7. The Balaban J connectivity index is 3.30. The van der Waals surface area contributed by atoms with Crippen molar-refractivity contribution in [3.63, 3.8) is 0 Å². The SMILES string of the molecule is CCC(=O)C(C)[C@@H]1O[Si](C(C)(C)C)(C(C)(C)C)[C@@H](C)[C@@H]1C. The molecular weight excluding hydrogens is 276 g/mol. The van der Waals surface area contributed by atoms with E-state index in [9.17, 15) is 4.79 Å². The molecule has 0 bridgehead atoms. The van der Waals surface area contributed by atoms with Gasteiger partial charge in [0, 0.05) is 12.3 Å².